The fourth-order valence-electron chi connectivity index (χ4n) is 1.68. The molecule has 21 heavy (non-hydrogen) atoms. The minimum absolute atomic E-state index is 0.0128. The van der Waals surface area contributed by atoms with Gasteiger partial charge in [0.05, 0.1) is 14.2 Å². The zero-order valence-corrected chi connectivity index (χ0v) is 13.2. The second-order valence-electron chi connectivity index (χ2n) is 5.66. The summed E-state index contributed by atoms with van der Waals surface area (Å²) in [7, 11) is 2.60. The number of anilines is 1. The molecule has 0 aliphatic heterocycles. The third-order valence-electron chi connectivity index (χ3n) is 3.03. The molecule has 0 saturated heterocycles. The smallest absolute Gasteiger partial charge is 0.325 e. The summed E-state index contributed by atoms with van der Waals surface area (Å²) >= 11 is 0. The van der Waals surface area contributed by atoms with Gasteiger partial charge >= 0.3 is 11.9 Å². The number of esters is 2. The van der Waals surface area contributed by atoms with Crippen LogP contribution < -0.4 is 4.90 Å². The number of rotatable bonds is 5. The van der Waals surface area contributed by atoms with Gasteiger partial charge in [0.2, 0.25) is 0 Å². The molecule has 1 aromatic heterocycles. The molecule has 116 valence electrons. The lowest BCUT2D eigenvalue weighted by Gasteiger charge is -2.23. The zero-order valence-electron chi connectivity index (χ0n) is 13.2. The summed E-state index contributed by atoms with van der Waals surface area (Å²) in [6, 6.07) is 3.72. The van der Waals surface area contributed by atoms with Crippen molar-refractivity contribution in [2.24, 2.45) is 0 Å². The molecular weight excluding hydrogens is 272 g/mol. The van der Waals surface area contributed by atoms with Crippen LogP contribution in [0.4, 0.5) is 5.82 Å². The average Bonchev–Trinajstić information content (AvgIpc) is 2.45. The van der Waals surface area contributed by atoms with Gasteiger partial charge in [-0.05, 0) is 17.0 Å². The van der Waals surface area contributed by atoms with E-state index in [-0.39, 0.29) is 18.5 Å². The van der Waals surface area contributed by atoms with Crippen LogP contribution in [0.3, 0.4) is 0 Å². The van der Waals surface area contributed by atoms with Crippen molar-refractivity contribution < 1.29 is 19.1 Å². The van der Waals surface area contributed by atoms with E-state index in [1.807, 2.05) is 6.07 Å². The van der Waals surface area contributed by atoms with Crippen LogP contribution in [0.15, 0.2) is 18.3 Å². The van der Waals surface area contributed by atoms with E-state index in [1.54, 1.807) is 12.3 Å². The summed E-state index contributed by atoms with van der Waals surface area (Å²) in [5.74, 6) is -0.361. The molecule has 0 aromatic carbocycles. The molecule has 0 atom stereocenters. The van der Waals surface area contributed by atoms with E-state index in [2.05, 4.69) is 35.2 Å². The van der Waals surface area contributed by atoms with E-state index < -0.39 is 11.9 Å². The molecule has 0 fully saturated rings. The van der Waals surface area contributed by atoms with Gasteiger partial charge in [0.1, 0.15) is 18.9 Å². The third-order valence-corrected chi connectivity index (χ3v) is 3.03. The molecule has 1 rings (SSSR count). The number of methoxy groups -OCH3 is 2. The maximum atomic E-state index is 11.4. The normalized spacial score (nSPS) is 10.9. The minimum Gasteiger partial charge on any atom is -0.468 e. The van der Waals surface area contributed by atoms with Crippen LogP contribution in [0.2, 0.25) is 0 Å². The first-order valence-electron chi connectivity index (χ1n) is 6.63. The lowest BCUT2D eigenvalue weighted by Crippen LogP contribution is -2.36. The number of carbonyl (C=O) groups is 2. The maximum Gasteiger partial charge on any atom is 0.325 e. The van der Waals surface area contributed by atoms with Gasteiger partial charge in [0, 0.05) is 6.20 Å². The number of ether oxygens (including phenoxy) is 2. The highest BCUT2D eigenvalue weighted by atomic mass is 16.5. The van der Waals surface area contributed by atoms with E-state index in [0.717, 1.165) is 5.56 Å². The molecular formula is C15H22N2O4. The Kier molecular flexibility index (Phi) is 5.69. The Hall–Kier alpha value is -2.11. The zero-order chi connectivity index (χ0) is 16.0. The molecule has 0 aliphatic carbocycles. The molecule has 0 N–H and O–H groups in total. The van der Waals surface area contributed by atoms with E-state index >= 15 is 0 Å². The van der Waals surface area contributed by atoms with Gasteiger partial charge in [0.25, 0.3) is 0 Å². The van der Waals surface area contributed by atoms with Crippen LogP contribution in [0.5, 0.6) is 0 Å². The molecule has 0 bridgehead atoms. The van der Waals surface area contributed by atoms with Crippen LogP contribution in [0.1, 0.15) is 26.3 Å². The van der Waals surface area contributed by atoms with E-state index in [0.29, 0.717) is 5.82 Å². The molecule has 0 spiro atoms. The van der Waals surface area contributed by atoms with Crippen molar-refractivity contribution in [3.63, 3.8) is 0 Å². The first-order chi connectivity index (χ1) is 9.77. The Morgan fingerprint density at radius 1 is 1.10 bits per heavy atom. The van der Waals surface area contributed by atoms with Crippen LogP contribution in [0, 0.1) is 0 Å². The maximum absolute atomic E-state index is 11.4. The predicted molar refractivity (Wildman–Crippen MR) is 79.2 cm³/mol. The van der Waals surface area contributed by atoms with Gasteiger partial charge in [-0.1, -0.05) is 26.8 Å². The monoisotopic (exact) mass is 294 g/mol. The van der Waals surface area contributed by atoms with Gasteiger partial charge in [-0.2, -0.15) is 0 Å². The molecule has 0 amide bonds. The van der Waals surface area contributed by atoms with Gasteiger partial charge in [-0.3, -0.25) is 9.59 Å². The Morgan fingerprint density at radius 2 is 1.62 bits per heavy atom. The highest BCUT2D eigenvalue weighted by Crippen LogP contribution is 2.23. The molecule has 6 nitrogen and oxygen atoms in total. The quantitative estimate of drug-likeness (QED) is 0.767. The van der Waals surface area contributed by atoms with Crippen molar-refractivity contribution >= 4 is 17.8 Å². The highest BCUT2D eigenvalue weighted by molar-refractivity contribution is 5.80. The van der Waals surface area contributed by atoms with Crippen LogP contribution >= 0.6 is 0 Å². The number of nitrogens with zero attached hydrogens (tertiary/aromatic N) is 2. The summed E-state index contributed by atoms with van der Waals surface area (Å²) in [4.78, 5) is 28.7. The van der Waals surface area contributed by atoms with Gasteiger partial charge in [-0.25, -0.2) is 4.98 Å². The van der Waals surface area contributed by atoms with E-state index in [4.69, 9.17) is 0 Å². The number of pyridine rings is 1. The summed E-state index contributed by atoms with van der Waals surface area (Å²) in [6.45, 7) is 6.14. The Balaban J connectivity index is 2.96. The van der Waals surface area contributed by atoms with Crippen molar-refractivity contribution in [2.45, 2.75) is 26.2 Å². The van der Waals surface area contributed by atoms with Crippen molar-refractivity contribution in [3.05, 3.63) is 23.9 Å². The lowest BCUT2D eigenvalue weighted by atomic mass is 9.88. The number of hydrogen-bond acceptors (Lipinski definition) is 6. The van der Waals surface area contributed by atoms with Crippen molar-refractivity contribution in [1.29, 1.82) is 0 Å². The average molecular weight is 294 g/mol. The second kappa shape index (κ2) is 7.06. The topological polar surface area (TPSA) is 68.7 Å². The first kappa shape index (κ1) is 16.9. The predicted octanol–water partition coefficient (Wildman–Crippen LogP) is 1.53. The molecule has 1 aromatic rings. The lowest BCUT2D eigenvalue weighted by molar-refractivity contribution is -0.140. The van der Waals surface area contributed by atoms with Crippen molar-refractivity contribution in [3.8, 4) is 0 Å². The summed E-state index contributed by atoms with van der Waals surface area (Å²) in [6.07, 6.45) is 1.75. The Bertz CT molecular complexity index is 473. The van der Waals surface area contributed by atoms with E-state index in [1.165, 1.54) is 19.1 Å². The fourth-order valence-corrected chi connectivity index (χ4v) is 1.68. The van der Waals surface area contributed by atoms with Gasteiger partial charge in [-0.15, -0.1) is 0 Å². The first-order valence-corrected chi connectivity index (χ1v) is 6.63. The molecule has 0 saturated carbocycles. The van der Waals surface area contributed by atoms with Crippen molar-refractivity contribution in [1.82, 2.24) is 4.98 Å². The van der Waals surface area contributed by atoms with Crippen LogP contribution in [-0.2, 0) is 24.5 Å². The fraction of sp³-hybridized carbons (Fsp3) is 0.533. The Morgan fingerprint density at radius 3 is 1.95 bits per heavy atom. The summed E-state index contributed by atoms with van der Waals surface area (Å²) in [5, 5.41) is 0. The van der Waals surface area contributed by atoms with Gasteiger partial charge < -0.3 is 14.4 Å². The summed E-state index contributed by atoms with van der Waals surface area (Å²) in [5.41, 5.74) is 1.06. The number of aromatic nitrogens is 1. The number of carbonyl (C=O) groups excluding carboxylic acids is 2. The second-order valence-corrected chi connectivity index (χ2v) is 5.66. The summed E-state index contributed by atoms with van der Waals surface area (Å²) < 4.78 is 9.27. The molecule has 6 heteroatoms. The number of hydrogen-bond donors (Lipinski definition) is 0. The molecule has 0 unspecified atom stereocenters. The van der Waals surface area contributed by atoms with E-state index in [9.17, 15) is 9.59 Å². The van der Waals surface area contributed by atoms with Crippen LogP contribution in [-0.4, -0.2) is 44.2 Å². The van der Waals surface area contributed by atoms with Crippen molar-refractivity contribution in [2.75, 3.05) is 32.2 Å². The third kappa shape index (κ3) is 5.06. The van der Waals surface area contributed by atoms with Gasteiger partial charge in [0.15, 0.2) is 0 Å². The highest BCUT2D eigenvalue weighted by Gasteiger charge is 2.19. The molecule has 1 heterocycles. The minimum atomic E-state index is -0.444. The van der Waals surface area contributed by atoms with Crippen LogP contribution in [0.25, 0.3) is 0 Å². The molecule has 0 radical (unpaired) electrons. The SMILES string of the molecule is COC(=O)CN(CC(=O)OC)c1ccc(C(C)(C)C)cn1. The standard InChI is InChI=1S/C15H22N2O4/c1-15(2,3)11-6-7-12(16-8-11)17(9-13(18)20-4)10-14(19)21-5/h6-8H,9-10H2,1-5H3. The Labute approximate surface area is 125 Å². The molecule has 0 aliphatic rings. The largest absolute Gasteiger partial charge is 0.468 e.